The summed E-state index contributed by atoms with van der Waals surface area (Å²) in [7, 11) is -3.92. The van der Waals surface area contributed by atoms with Gasteiger partial charge in [0, 0.05) is 12.6 Å². The van der Waals surface area contributed by atoms with Crippen LogP contribution in [0.3, 0.4) is 0 Å². The van der Waals surface area contributed by atoms with E-state index in [0.29, 0.717) is 17.8 Å². The molecule has 0 fully saturated rings. The highest BCUT2D eigenvalue weighted by molar-refractivity contribution is 7.91. The standard InChI is InChI=1S/C9H13ClN2O5S2/c1-3-9(2,13)5-11-19(16,17)7-4-6(12(14)15)8(10)18-7/h4,11,13H,3,5H2,1-2H3. The van der Waals surface area contributed by atoms with E-state index in [1.54, 1.807) is 6.92 Å². The highest BCUT2D eigenvalue weighted by atomic mass is 35.5. The van der Waals surface area contributed by atoms with Gasteiger partial charge in [0.1, 0.15) is 4.21 Å². The van der Waals surface area contributed by atoms with Crippen molar-refractivity contribution in [3.8, 4) is 0 Å². The fourth-order valence-corrected chi connectivity index (χ4v) is 3.91. The normalized spacial score (nSPS) is 15.2. The second-order valence-corrected chi connectivity index (χ2v) is 7.80. The quantitative estimate of drug-likeness (QED) is 0.610. The first kappa shape index (κ1) is 16.3. The van der Waals surface area contributed by atoms with Gasteiger partial charge in [-0.1, -0.05) is 18.5 Å². The molecule has 0 bridgehead atoms. The van der Waals surface area contributed by atoms with Gasteiger partial charge < -0.3 is 5.11 Å². The second kappa shape index (κ2) is 5.71. The number of nitro groups is 1. The average Bonchev–Trinajstić information content (AvgIpc) is 2.70. The summed E-state index contributed by atoms with van der Waals surface area (Å²) in [5.41, 5.74) is -1.63. The fourth-order valence-electron chi connectivity index (χ4n) is 1.04. The number of halogens is 1. The topological polar surface area (TPSA) is 110 Å². The van der Waals surface area contributed by atoms with Crippen LogP contribution in [0.4, 0.5) is 5.69 Å². The molecular weight excluding hydrogens is 316 g/mol. The Morgan fingerprint density at radius 3 is 2.63 bits per heavy atom. The molecule has 0 saturated carbocycles. The summed E-state index contributed by atoms with van der Waals surface area (Å²) in [6.07, 6.45) is 0.362. The van der Waals surface area contributed by atoms with Crippen molar-refractivity contribution in [3.05, 3.63) is 20.5 Å². The Bertz CT molecular complexity index is 581. The van der Waals surface area contributed by atoms with E-state index in [0.717, 1.165) is 6.07 Å². The van der Waals surface area contributed by atoms with Crippen LogP contribution in [-0.4, -0.2) is 30.6 Å². The van der Waals surface area contributed by atoms with Crippen molar-refractivity contribution in [1.29, 1.82) is 0 Å². The predicted molar refractivity (Wildman–Crippen MR) is 72.1 cm³/mol. The van der Waals surface area contributed by atoms with Crippen LogP contribution in [-0.2, 0) is 10.0 Å². The first-order chi connectivity index (χ1) is 8.59. The summed E-state index contributed by atoms with van der Waals surface area (Å²) in [5.74, 6) is 0. The zero-order chi connectivity index (χ0) is 14.8. The number of hydrogen-bond acceptors (Lipinski definition) is 6. The lowest BCUT2D eigenvalue weighted by atomic mass is 10.1. The lowest BCUT2D eigenvalue weighted by Crippen LogP contribution is -2.39. The minimum absolute atomic E-state index is 0.185. The van der Waals surface area contributed by atoms with Crippen LogP contribution in [0.2, 0.25) is 4.34 Å². The van der Waals surface area contributed by atoms with Gasteiger partial charge in [-0.05, 0) is 13.3 Å². The molecule has 1 heterocycles. The molecule has 1 unspecified atom stereocenters. The van der Waals surface area contributed by atoms with Crippen LogP contribution in [0.1, 0.15) is 20.3 Å². The zero-order valence-corrected chi connectivity index (χ0v) is 12.6. The fraction of sp³-hybridized carbons (Fsp3) is 0.556. The number of sulfonamides is 1. The van der Waals surface area contributed by atoms with E-state index in [9.17, 15) is 23.6 Å². The summed E-state index contributed by atoms with van der Waals surface area (Å²) in [6.45, 7) is 3.01. The maximum atomic E-state index is 11.9. The molecule has 0 saturated heterocycles. The summed E-state index contributed by atoms with van der Waals surface area (Å²) in [6, 6.07) is 0.899. The van der Waals surface area contributed by atoms with E-state index >= 15 is 0 Å². The lowest BCUT2D eigenvalue weighted by Gasteiger charge is -2.21. The summed E-state index contributed by atoms with van der Waals surface area (Å²) in [4.78, 5) is 9.85. The molecule has 1 atom stereocenters. The van der Waals surface area contributed by atoms with Gasteiger partial charge in [0.2, 0.25) is 10.0 Å². The molecule has 0 aliphatic rings. The van der Waals surface area contributed by atoms with Crippen molar-refractivity contribution in [3.63, 3.8) is 0 Å². The SMILES string of the molecule is CCC(C)(O)CNS(=O)(=O)c1cc([N+](=O)[O-])c(Cl)s1. The Labute approximate surface area is 119 Å². The number of thiophene rings is 1. The predicted octanol–water partition coefficient (Wildman–Crippen LogP) is 1.75. The van der Waals surface area contributed by atoms with Crippen LogP contribution in [0, 0.1) is 10.1 Å². The van der Waals surface area contributed by atoms with E-state index in [-0.39, 0.29) is 15.1 Å². The van der Waals surface area contributed by atoms with Gasteiger partial charge in [-0.25, -0.2) is 13.1 Å². The van der Waals surface area contributed by atoms with Gasteiger partial charge in [-0.15, -0.1) is 11.3 Å². The number of nitrogens with zero attached hydrogens (tertiary/aromatic N) is 1. The maximum absolute atomic E-state index is 11.9. The molecule has 1 rings (SSSR count). The molecule has 0 radical (unpaired) electrons. The van der Waals surface area contributed by atoms with Crippen LogP contribution >= 0.6 is 22.9 Å². The number of rotatable bonds is 6. The molecule has 1 aromatic rings. The lowest BCUT2D eigenvalue weighted by molar-refractivity contribution is -0.384. The Morgan fingerprint density at radius 2 is 2.21 bits per heavy atom. The van der Waals surface area contributed by atoms with Crippen molar-refractivity contribution in [2.75, 3.05) is 6.54 Å². The molecule has 1 aromatic heterocycles. The molecule has 19 heavy (non-hydrogen) atoms. The van der Waals surface area contributed by atoms with E-state index < -0.39 is 26.2 Å². The molecule has 108 valence electrons. The maximum Gasteiger partial charge on any atom is 0.300 e. The van der Waals surface area contributed by atoms with Crippen LogP contribution in [0.5, 0.6) is 0 Å². The van der Waals surface area contributed by atoms with E-state index in [1.807, 2.05) is 0 Å². The largest absolute Gasteiger partial charge is 0.389 e. The Kier molecular flexibility index (Phi) is 4.91. The summed E-state index contributed by atoms with van der Waals surface area (Å²) >= 11 is 6.20. The van der Waals surface area contributed by atoms with Gasteiger partial charge in [-0.3, -0.25) is 10.1 Å². The highest BCUT2D eigenvalue weighted by Gasteiger charge is 2.27. The molecular formula is C9H13ClN2O5S2. The molecule has 10 heteroatoms. The minimum atomic E-state index is -3.92. The summed E-state index contributed by atoms with van der Waals surface area (Å²) < 4.78 is 25.5. The Morgan fingerprint density at radius 1 is 1.63 bits per heavy atom. The molecule has 0 aromatic carbocycles. The molecule has 0 spiro atoms. The molecule has 0 aliphatic heterocycles. The van der Waals surface area contributed by atoms with Crippen molar-refractivity contribution < 1.29 is 18.4 Å². The Hall–Kier alpha value is -0.740. The number of hydrogen-bond donors (Lipinski definition) is 2. The van der Waals surface area contributed by atoms with Crippen molar-refractivity contribution in [1.82, 2.24) is 4.72 Å². The molecule has 0 aliphatic carbocycles. The third kappa shape index (κ3) is 4.11. The Balaban J connectivity index is 2.96. The number of aliphatic hydroxyl groups is 1. The van der Waals surface area contributed by atoms with Crippen LogP contribution in [0.25, 0.3) is 0 Å². The second-order valence-electron chi connectivity index (χ2n) is 4.16. The van der Waals surface area contributed by atoms with Crippen molar-refractivity contribution in [2.24, 2.45) is 0 Å². The van der Waals surface area contributed by atoms with Gasteiger partial charge >= 0.3 is 0 Å². The smallest absolute Gasteiger partial charge is 0.300 e. The summed E-state index contributed by atoms with van der Waals surface area (Å²) in [5, 5.41) is 20.3. The van der Waals surface area contributed by atoms with Crippen molar-refractivity contribution >= 4 is 38.6 Å². The van der Waals surface area contributed by atoms with E-state index in [2.05, 4.69) is 4.72 Å². The first-order valence-electron chi connectivity index (χ1n) is 5.25. The van der Waals surface area contributed by atoms with Crippen LogP contribution in [0.15, 0.2) is 10.3 Å². The van der Waals surface area contributed by atoms with Gasteiger partial charge in [0.15, 0.2) is 4.34 Å². The third-order valence-electron chi connectivity index (χ3n) is 2.51. The van der Waals surface area contributed by atoms with Crippen LogP contribution < -0.4 is 4.72 Å². The third-order valence-corrected chi connectivity index (χ3v) is 5.73. The average molecular weight is 329 g/mol. The van der Waals surface area contributed by atoms with Gasteiger partial charge in [0.05, 0.1) is 10.5 Å². The van der Waals surface area contributed by atoms with E-state index in [4.69, 9.17) is 11.6 Å². The number of nitrogens with one attached hydrogen (secondary N) is 1. The first-order valence-corrected chi connectivity index (χ1v) is 7.92. The van der Waals surface area contributed by atoms with E-state index in [1.165, 1.54) is 6.92 Å². The van der Waals surface area contributed by atoms with Gasteiger partial charge in [0.25, 0.3) is 5.69 Å². The molecule has 0 amide bonds. The van der Waals surface area contributed by atoms with Gasteiger partial charge in [-0.2, -0.15) is 0 Å². The molecule has 2 N–H and O–H groups in total. The molecule has 7 nitrogen and oxygen atoms in total. The monoisotopic (exact) mass is 328 g/mol. The van der Waals surface area contributed by atoms with Crippen molar-refractivity contribution in [2.45, 2.75) is 30.1 Å². The highest BCUT2D eigenvalue weighted by Crippen LogP contribution is 2.36. The minimum Gasteiger partial charge on any atom is -0.389 e. The zero-order valence-electron chi connectivity index (χ0n) is 10.2.